The molecule has 2 heterocycles. The normalized spacial score (nSPS) is 20.5. The van der Waals surface area contributed by atoms with Gasteiger partial charge in [0.2, 0.25) is 0 Å². The van der Waals surface area contributed by atoms with Crippen LogP contribution >= 0.6 is 11.8 Å². The van der Waals surface area contributed by atoms with Gasteiger partial charge in [-0.25, -0.2) is 0 Å². The van der Waals surface area contributed by atoms with E-state index < -0.39 is 0 Å². The minimum atomic E-state index is 0.458. The summed E-state index contributed by atoms with van der Waals surface area (Å²) in [5.41, 5.74) is 1.03. The summed E-state index contributed by atoms with van der Waals surface area (Å²) in [6.45, 7) is 7.45. The molecule has 1 aliphatic rings. The lowest BCUT2D eigenvalue weighted by Crippen LogP contribution is -2.23. The third kappa shape index (κ3) is 3.25. The van der Waals surface area contributed by atoms with E-state index in [4.69, 9.17) is 4.99 Å². The summed E-state index contributed by atoms with van der Waals surface area (Å²) in [5.74, 6) is 1.77. The molecule has 0 bridgehead atoms. The number of aliphatic imine (C=N–C) groups is 1. The first-order valence-corrected chi connectivity index (χ1v) is 7.17. The molecule has 1 N–H and O–H groups in total. The molecule has 0 spiro atoms. The summed E-state index contributed by atoms with van der Waals surface area (Å²) in [6.07, 6.45) is 5.05. The Kier molecular flexibility index (Phi) is 4.10. The second kappa shape index (κ2) is 5.58. The van der Waals surface area contributed by atoms with Crippen LogP contribution in [0.25, 0.3) is 0 Å². The van der Waals surface area contributed by atoms with Crippen LogP contribution in [0.3, 0.4) is 0 Å². The van der Waals surface area contributed by atoms with E-state index in [0.717, 1.165) is 23.2 Å². The molecule has 1 atom stereocenters. The van der Waals surface area contributed by atoms with Crippen LogP contribution in [0, 0.1) is 5.92 Å². The molecule has 0 aliphatic carbocycles. The lowest BCUT2D eigenvalue weighted by Gasteiger charge is -2.22. The summed E-state index contributed by atoms with van der Waals surface area (Å²) >= 11 is 1.80. The first kappa shape index (κ1) is 12.5. The Morgan fingerprint density at radius 1 is 1.59 bits per heavy atom. The lowest BCUT2D eigenvalue weighted by molar-refractivity contribution is 0.485. The average Bonchev–Trinajstić information content (AvgIpc) is 2.77. The van der Waals surface area contributed by atoms with Crippen molar-refractivity contribution in [3.8, 4) is 0 Å². The fraction of sp³-hybridized carbons (Fsp3) is 0.667. The van der Waals surface area contributed by atoms with Crippen molar-refractivity contribution in [2.45, 2.75) is 39.8 Å². The number of hydrogen-bond acceptors (Lipinski definition) is 4. The Labute approximate surface area is 107 Å². The number of aromatic nitrogens is 2. The zero-order chi connectivity index (χ0) is 12.3. The second-order valence-electron chi connectivity index (χ2n) is 4.59. The molecule has 0 saturated carbocycles. The number of amidine groups is 1. The van der Waals surface area contributed by atoms with Gasteiger partial charge in [0.15, 0.2) is 5.17 Å². The molecule has 0 aromatic carbocycles. The molecule has 2 rings (SSSR count). The molecule has 4 nitrogen and oxygen atoms in total. The molecular formula is C12H20N4S. The smallest absolute Gasteiger partial charge is 0.161 e. The number of aryl methyl sites for hydroxylation is 1. The molecule has 0 radical (unpaired) electrons. The van der Waals surface area contributed by atoms with E-state index in [-0.39, 0.29) is 0 Å². The van der Waals surface area contributed by atoms with Crippen molar-refractivity contribution in [3.63, 3.8) is 0 Å². The molecule has 94 valence electrons. The van der Waals surface area contributed by atoms with Crippen molar-refractivity contribution in [2.75, 3.05) is 11.1 Å². The third-order valence-corrected chi connectivity index (χ3v) is 3.83. The summed E-state index contributed by atoms with van der Waals surface area (Å²) in [6, 6.07) is 0.458. The fourth-order valence-electron chi connectivity index (χ4n) is 1.80. The Bertz CT molecular complexity index is 397. The highest BCUT2D eigenvalue weighted by Gasteiger charge is 2.18. The molecule has 0 fully saturated rings. The first-order valence-electron chi connectivity index (χ1n) is 6.19. The van der Waals surface area contributed by atoms with Crippen molar-refractivity contribution in [2.24, 2.45) is 10.9 Å². The van der Waals surface area contributed by atoms with Gasteiger partial charge in [-0.15, -0.1) is 0 Å². The Hall–Kier alpha value is -0.970. The molecule has 1 unspecified atom stereocenters. The molecule has 0 amide bonds. The van der Waals surface area contributed by atoms with Crippen LogP contribution in [-0.4, -0.2) is 26.7 Å². The standard InChI is InChI=1S/C12H20N4S/c1-4-16-8-10(7-13-16)14-12-15-11(9(2)3)5-6-17-12/h7-9,11H,4-6H2,1-3H3,(H,14,15). The molecule has 1 aliphatic heterocycles. The molecular weight excluding hydrogens is 232 g/mol. The Balaban J connectivity index is 2.02. The van der Waals surface area contributed by atoms with Gasteiger partial charge >= 0.3 is 0 Å². The van der Waals surface area contributed by atoms with Gasteiger partial charge < -0.3 is 5.32 Å². The SMILES string of the molecule is CCn1cc(NC2=NC(C(C)C)CCS2)cn1. The maximum Gasteiger partial charge on any atom is 0.161 e. The van der Waals surface area contributed by atoms with E-state index in [2.05, 4.69) is 31.2 Å². The van der Waals surface area contributed by atoms with Crippen molar-refractivity contribution < 1.29 is 0 Å². The molecule has 1 aromatic rings. The highest BCUT2D eigenvalue weighted by Crippen LogP contribution is 2.23. The van der Waals surface area contributed by atoms with Gasteiger partial charge in [0.05, 0.1) is 17.9 Å². The topological polar surface area (TPSA) is 42.2 Å². The van der Waals surface area contributed by atoms with E-state index in [1.165, 1.54) is 6.42 Å². The van der Waals surface area contributed by atoms with Crippen LogP contribution in [0.15, 0.2) is 17.4 Å². The van der Waals surface area contributed by atoms with Crippen molar-refractivity contribution in [1.29, 1.82) is 0 Å². The molecule has 0 saturated heterocycles. The fourth-order valence-corrected chi connectivity index (χ4v) is 2.76. The molecule has 5 heteroatoms. The van der Waals surface area contributed by atoms with E-state index in [1.54, 1.807) is 11.8 Å². The lowest BCUT2D eigenvalue weighted by atomic mass is 10.0. The summed E-state index contributed by atoms with van der Waals surface area (Å²) in [7, 11) is 0. The van der Waals surface area contributed by atoms with Gasteiger partial charge in [0, 0.05) is 18.5 Å². The van der Waals surface area contributed by atoms with Crippen LogP contribution in [-0.2, 0) is 6.54 Å². The average molecular weight is 252 g/mol. The van der Waals surface area contributed by atoms with Gasteiger partial charge in [-0.05, 0) is 19.3 Å². The van der Waals surface area contributed by atoms with Crippen LogP contribution < -0.4 is 5.32 Å². The number of nitrogens with zero attached hydrogens (tertiary/aromatic N) is 3. The van der Waals surface area contributed by atoms with Crippen LogP contribution in [0.4, 0.5) is 5.69 Å². The number of nitrogens with one attached hydrogen (secondary N) is 1. The quantitative estimate of drug-likeness (QED) is 0.899. The third-order valence-electron chi connectivity index (χ3n) is 2.91. The molecule has 17 heavy (non-hydrogen) atoms. The predicted molar refractivity (Wildman–Crippen MR) is 74.7 cm³/mol. The van der Waals surface area contributed by atoms with Gasteiger partial charge in [-0.2, -0.15) is 5.10 Å². The highest BCUT2D eigenvalue weighted by atomic mass is 32.2. The van der Waals surface area contributed by atoms with Crippen molar-refractivity contribution >= 4 is 22.6 Å². The highest BCUT2D eigenvalue weighted by molar-refractivity contribution is 8.14. The number of anilines is 1. The van der Waals surface area contributed by atoms with Crippen LogP contribution in [0.2, 0.25) is 0 Å². The van der Waals surface area contributed by atoms with E-state index in [0.29, 0.717) is 12.0 Å². The monoisotopic (exact) mass is 252 g/mol. The van der Waals surface area contributed by atoms with E-state index in [1.807, 2.05) is 17.1 Å². The van der Waals surface area contributed by atoms with Crippen LogP contribution in [0.5, 0.6) is 0 Å². The minimum Gasteiger partial charge on any atom is -0.332 e. The van der Waals surface area contributed by atoms with Gasteiger partial charge in [-0.1, -0.05) is 25.6 Å². The van der Waals surface area contributed by atoms with E-state index in [9.17, 15) is 0 Å². The van der Waals surface area contributed by atoms with Crippen LogP contribution in [0.1, 0.15) is 27.2 Å². The number of hydrogen-bond donors (Lipinski definition) is 1. The van der Waals surface area contributed by atoms with Gasteiger partial charge in [-0.3, -0.25) is 9.67 Å². The minimum absolute atomic E-state index is 0.458. The molecule has 1 aromatic heterocycles. The van der Waals surface area contributed by atoms with Gasteiger partial charge in [0.25, 0.3) is 0 Å². The largest absolute Gasteiger partial charge is 0.332 e. The van der Waals surface area contributed by atoms with Crippen molar-refractivity contribution in [1.82, 2.24) is 9.78 Å². The van der Waals surface area contributed by atoms with E-state index >= 15 is 0 Å². The number of thioether (sulfide) groups is 1. The zero-order valence-electron chi connectivity index (χ0n) is 10.7. The maximum atomic E-state index is 4.74. The zero-order valence-corrected chi connectivity index (χ0v) is 11.5. The predicted octanol–water partition coefficient (Wildman–Crippen LogP) is 2.83. The summed E-state index contributed by atoms with van der Waals surface area (Å²) in [5, 5.41) is 8.63. The summed E-state index contributed by atoms with van der Waals surface area (Å²) < 4.78 is 1.91. The number of rotatable bonds is 3. The Morgan fingerprint density at radius 2 is 2.41 bits per heavy atom. The Morgan fingerprint density at radius 3 is 3.06 bits per heavy atom. The van der Waals surface area contributed by atoms with Gasteiger partial charge in [0.1, 0.15) is 0 Å². The summed E-state index contributed by atoms with van der Waals surface area (Å²) in [4.78, 5) is 4.74. The second-order valence-corrected chi connectivity index (χ2v) is 5.68. The van der Waals surface area contributed by atoms with Crippen molar-refractivity contribution in [3.05, 3.63) is 12.4 Å². The first-order chi connectivity index (χ1) is 8.19. The maximum absolute atomic E-state index is 4.74.